The molecule has 28 heavy (non-hydrogen) atoms. The third-order valence-electron chi connectivity index (χ3n) is 4.13. The van der Waals surface area contributed by atoms with Crippen LogP contribution in [0.2, 0.25) is 0 Å². The van der Waals surface area contributed by atoms with Gasteiger partial charge in [0.15, 0.2) is 16.9 Å². The smallest absolute Gasteiger partial charge is 0.258 e. The Balaban J connectivity index is 2.02. The third-order valence-corrected chi connectivity index (χ3v) is 5.66. The predicted octanol–water partition coefficient (Wildman–Crippen LogP) is 4.26. The van der Waals surface area contributed by atoms with E-state index in [-0.39, 0.29) is 0 Å². The molecule has 0 aliphatic carbocycles. The quantitative estimate of drug-likeness (QED) is 0.593. The number of sulfonamides is 1. The number of nitrogens with one attached hydrogen (secondary N) is 2. The Hall–Kier alpha value is -3.19. The van der Waals surface area contributed by atoms with Gasteiger partial charge in [0.1, 0.15) is 0 Å². The van der Waals surface area contributed by atoms with Gasteiger partial charge in [0.2, 0.25) is 0 Å². The Bertz CT molecular complexity index is 1010. The lowest BCUT2D eigenvalue weighted by atomic mass is 10.2. The SMILES string of the molecule is COc1ccc(C(Nc2ccccc2)S(=O)(=O)Nc2ccccc2)cc1OC. The molecule has 1 atom stereocenters. The van der Waals surface area contributed by atoms with Crippen LogP contribution >= 0.6 is 0 Å². The van der Waals surface area contributed by atoms with Crippen molar-refractivity contribution in [3.63, 3.8) is 0 Å². The maximum Gasteiger partial charge on any atom is 0.258 e. The average molecular weight is 398 g/mol. The van der Waals surface area contributed by atoms with E-state index in [4.69, 9.17) is 9.47 Å². The van der Waals surface area contributed by atoms with Crippen LogP contribution in [0.4, 0.5) is 11.4 Å². The van der Waals surface area contributed by atoms with E-state index in [1.54, 1.807) is 42.5 Å². The summed E-state index contributed by atoms with van der Waals surface area (Å²) in [4.78, 5) is 0. The maximum atomic E-state index is 13.2. The van der Waals surface area contributed by atoms with E-state index in [0.717, 1.165) is 0 Å². The fourth-order valence-electron chi connectivity index (χ4n) is 2.77. The van der Waals surface area contributed by atoms with Crippen molar-refractivity contribution in [2.75, 3.05) is 24.3 Å². The summed E-state index contributed by atoms with van der Waals surface area (Å²) in [6.45, 7) is 0. The molecule has 3 aromatic carbocycles. The normalized spacial score (nSPS) is 12.1. The topological polar surface area (TPSA) is 76.7 Å². The Labute approximate surface area is 165 Å². The second-order valence-corrected chi connectivity index (χ2v) is 7.78. The molecule has 0 saturated carbocycles. The van der Waals surface area contributed by atoms with E-state index in [2.05, 4.69) is 10.0 Å². The minimum Gasteiger partial charge on any atom is -0.493 e. The number of para-hydroxylation sites is 2. The molecule has 0 radical (unpaired) electrons. The van der Waals surface area contributed by atoms with Gasteiger partial charge >= 0.3 is 0 Å². The Morgan fingerprint density at radius 2 is 1.32 bits per heavy atom. The zero-order chi connectivity index (χ0) is 20.0. The summed E-state index contributed by atoms with van der Waals surface area (Å²) in [7, 11) is -0.784. The summed E-state index contributed by atoms with van der Waals surface area (Å²) in [6, 6.07) is 23.0. The molecule has 0 saturated heterocycles. The molecule has 1 unspecified atom stereocenters. The first kappa shape index (κ1) is 19.6. The number of ether oxygens (including phenoxy) is 2. The van der Waals surface area contributed by atoms with Crippen LogP contribution in [0.25, 0.3) is 0 Å². The van der Waals surface area contributed by atoms with Gasteiger partial charge in [-0.25, -0.2) is 8.42 Å². The van der Waals surface area contributed by atoms with Crippen LogP contribution in [0.1, 0.15) is 10.9 Å². The molecule has 0 heterocycles. The van der Waals surface area contributed by atoms with Crippen molar-refractivity contribution in [2.45, 2.75) is 5.37 Å². The number of rotatable bonds is 8. The number of hydrogen-bond acceptors (Lipinski definition) is 5. The summed E-state index contributed by atoms with van der Waals surface area (Å²) in [5.41, 5.74) is 1.69. The fourth-order valence-corrected chi connectivity index (χ4v) is 4.15. The second-order valence-electron chi connectivity index (χ2n) is 6.02. The first-order chi connectivity index (χ1) is 13.5. The minimum absolute atomic E-state index is 0.453. The van der Waals surface area contributed by atoms with Crippen molar-refractivity contribution in [1.82, 2.24) is 0 Å². The molecule has 146 valence electrons. The summed E-state index contributed by atoms with van der Waals surface area (Å²) < 4.78 is 39.7. The van der Waals surface area contributed by atoms with Gasteiger partial charge in [0.05, 0.1) is 14.2 Å². The van der Waals surface area contributed by atoms with E-state index < -0.39 is 15.4 Å². The van der Waals surface area contributed by atoms with Crippen molar-refractivity contribution in [3.05, 3.63) is 84.4 Å². The predicted molar refractivity (Wildman–Crippen MR) is 111 cm³/mol. The lowest BCUT2D eigenvalue weighted by Gasteiger charge is -2.22. The summed E-state index contributed by atoms with van der Waals surface area (Å²) in [6.07, 6.45) is 0. The van der Waals surface area contributed by atoms with Gasteiger partial charge in [-0.05, 0) is 42.0 Å². The zero-order valence-corrected chi connectivity index (χ0v) is 16.4. The number of anilines is 2. The lowest BCUT2D eigenvalue weighted by molar-refractivity contribution is 0.354. The second kappa shape index (κ2) is 8.67. The molecule has 0 spiro atoms. The molecule has 3 rings (SSSR count). The summed E-state index contributed by atoms with van der Waals surface area (Å²) in [5, 5.41) is 2.05. The molecule has 6 nitrogen and oxygen atoms in total. The first-order valence-corrected chi connectivity index (χ1v) is 10.2. The van der Waals surface area contributed by atoms with Crippen LogP contribution in [-0.4, -0.2) is 22.6 Å². The molecule has 0 amide bonds. The standard InChI is InChI=1S/C21H22N2O4S/c1-26-19-14-13-16(15-20(19)27-2)21(22-17-9-5-3-6-10-17)28(24,25)23-18-11-7-4-8-12-18/h3-15,21-23H,1-2H3. The molecule has 0 aliphatic rings. The van der Waals surface area contributed by atoms with Gasteiger partial charge in [-0.2, -0.15) is 0 Å². The number of methoxy groups -OCH3 is 2. The van der Waals surface area contributed by atoms with Crippen LogP contribution in [0.3, 0.4) is 0 Å². The van der Waals surface area contributed by atoms with Crippen molar-refractivity contribution >= 4 is 21.4 Å². The first-order valence-electron chi connectivity index (χ1n) is 8.63. The molecule has 0 fully saturated rings. The lowest BCUT2D eigenvalue weighted by Crippen LogP contribution is -2.27. The monoisotopic (exact) mass is 398 g/mol. The summed E-state index contributed by atoms with van der Waals surface area (Å²) >= 11 is 0. The van der Waals surface area contributed by atoms with Crippen molar-refractivity contribution < 1.29 is 17.9 Å². The highest BCUT2D eigenvalue weighted by molar-refractivity contribution is 7.93. The van der Waals surface area contributed by atoms with Gasteiger partial charge in [0, 0.05) is 11.4 Å². The number of benzene rings is 3. The Morgan fingerprint density at radius 3 is 1.89 bits per heavy atom. The third kappa shape index (κ3) is 4.55. The van der Waals surface area contributed by atoms with Crippen molar-refractivity contribution in [2.24, 2.45) is 0 Å². The van der Waals surface area contributed by atoms with Gasteiger partial charge < -0.3 is 14.8 Å². The number of hydrogen-bond donors (Lipinski definition) is 2. The maximum absolute atomic E-state index is 13.2. The van der Waals surface area contributed by atoms with Gasteiger partial charge in [-0.15, -0.1) is 0 Å². The Morgan fingerprint density at radius 1 is 0.750 bits per heavy atom. The van der Waals surface area contributed by atoms with E-state index in [0.29, 0.717) is 28.4 Å². The summed E-state index contributed by atoms with van der Waals surface area (Å²) in [5.74, 6) is 0.980. The molecular formula is C21H22N2O4S. The molecule has 3 aromatic rings. The van der Waals surface area contributed by atoms with Crippen LogP contribution in [0.5, 0.6) is 11.5 Å². The largest absolute Gasteiger partial charge is 0.493 e. The van der Waals surface area contributed by atoms with Crippen LogP contribution < -0.4 is 19.5 Å². The van der Waals surface area contributed by atoms with Crippen LogP contribution in [0, 0.1) is 0 Å². The molecule has 0 aliphatic heterocycles. The van der Waals surface area contributed by atoms with Crippen molar-refractivity contribution in [1.29, 1.82) is 0 Å². The van der Waals surface area contributed by atoms with Crippen LogP contribution in [-0.2, 0) is 10.0 Å². The van der Waals surface area contributed by atoms with Crippen molar-refractivity contribution in [3.8, 4) is 11.5 Å². The molecule has 0 aromatic heterocycles. The van der Waals surface area contributed by atoms with E-state index >= 15 is 0 Å². The Kier molecular flexibility index (Phi) is 6.06. The highest BCUT2D eigenvalue weighted by Gasteiger charge is 2.28. The molecule has 7 heteroatoms. The van der Waals surface area contributed by atoms with Gasteiger partial charge in [0.25, 0.3) is 10.0 Å². The van der Waals surface area contributed by atoms with E-state index in [1.807, 2.05) is 36.4 Å². The van der Waals surface area contributed by atoms with Gasteiger partial charge in [-0.3, -0.25) is 4.72 Å². The van der Waals surface area contributed by atoms with E-state index in [1.165, 1.54) is 14.2 Å². The highest BCUT2D eigenvalue weighted by atomic mass is 32.2. The minimum atomic E-state index is -3.83. The highest BCUT2D eigenvalue weighted by Crippen LogP contribution is 2.34. The molecule has 0 bridgehead atoms. The average Bonchev–Trinajstić information content (AvgIpc) is 2.72. The zero-order valence-electron chi connectivity index (χ0n) is 15.6. The molecular weight excluding hydrogens is 376 g/mol. The van der Waals surface area contributed by atoms with Crippen LogP contribution in [0.15, 0.2) is 78.9 Å². The fraction of sp³-hybridized carbons (Fsp3) is 0.143. The van der Waals surface area contributed by atoms with E-state index in [9.17, 15) is 8.42 Å². The molecule has 2 N–H and O–H groups in total. The van der Waals surface area contributed by atoms with Gasteiger partial charge in [-0.1, -0.05) is 42.5 Å².